The zero-order chi connectivity index (χ0) is 14.4. The molecule has 1 saturated heterocycles. The summed E-state index contributed by atoms with van der Waals surface area (Å²) in [6, 6.07) is 4.17. The van der Waals surface area contributed by atoms with Gasteiger partial charge >= 0.3 is 0 Å². The summed E-state index contributed by atoms with van der Waals surface area (Å²) in [6.07, 6.45) is 0. The van der Waals surface area contributed by atoms with Crippen molar-refractivity contribution in [2.24, 2.45) is 5.92 Å². The number of ether oxygens (including phenoxy) is 2. The number of carbonyl (C=O) groups excluding carboxylic acids is 1. The SMILES string of the molecule is CNC1COCC1C(=O)N(CCOC)Cc1cccs1. The highest BCUT2D eigenvalue weighted by atomic mass is 32.1. The van der Waals surface area contributed by atoms with Crippen LogP contribution in [0.15, 0.2) is 17.5 Å². The van der Waals surface area contributed by atoms with Crippen LogP contribution < -0.4 is 5.32 Å². The number of nitrogens with one attached hydrogen (secondary N) is 1. The first kappa shape index (κ1) is 15.4. The lowest BCUT2D eigenvalue weighted by Crippen LogP contribution is -2.45. The Morgan fingerprint density at radius 3 is 3.10 bits per heavy atom. The van der Waals surface area contributed by atoms with Crippen molar-refractivity contribution in [1.29, 1.82) is 0 Å². The standard InChI is InChI=1S/C14H22N2O3S/c1-15-13-10-19-9-12(13)14(17)16(5-6-18-2)8-11-4-3-7-20-11/h3-4,7,12-13,15H,5-6,8-10H2,1-2H3. The fourth-order valence-electron chi connectivity index (χ4n) is 2.38. The largest absolute Gasteiger partial charge is 0.383 e. The molecule has 0 radical (unpaired) electrons. The van der Waals surface area contributed by atoms with Crippen LogP contribution in [-0.2, 0) is 20.8 Å². The van der Waals surface area contributed by atoms with Crippen molar-refractivity contribution in [2.75, 3.05) is 40.5 Å². The van der Waals surface area contributed by atoms with Gasteiger partial charge in [0.2, 0.25) is 5.91 Å². The van der Waals surface area contributed by atoms with Gasteiger partial charge in [0.05, 0.1) is 32.3 Å². The first-order chi connectivity index (χ1) is 9.76. The number of likely N-dealkylation sites (N-methyl/N-ethyl adjacent to an activating group) is 1. The Hall–Kier alpha value is -0.950. The molecule has 1 aromatic heterocycles. The van der Waals surface area contributed by atoms with E-state index < -0.39 is 0 Å². The predicted molar refractivity (Wildman–Crippen MR) is 78.8 cm³/mol. The van der Waals surface area contributed by atoms with E-state index in [-0.39, 0.29) is 17.9 Å². The molecule has 1 aliphatic rings. The third kappa shape index (κ3) is 3.79. The van der Waals surface area contributed by atoms with E-state index in [1.165, 1.54) is 4.88 Å². The maximum atomic E-state index is 12.7. The van der Waals surface area contributed by atoms with Crippen LogP contribution in [0.3, 0.4) is 0 Å². The van der Waals surface area contributed by atoms with Gasteiger partial charge in [-0.3, -0.25) is 4.79 Å². The maximum Gasteiger partial charge on any atom is 0.230 e. The van der Waals surface area contributed by atoms with Gasteiger partial charge in [-0.25, -0.2) is 0 Å². The Balaban J connectivity index is 2.02. The number of rotatable bonds is 7. The topological polar surface area (TPSA) is 50.8 Å². The molecule has 1 fully saturated rings. The van der Waals surface area contributed by atoms with E-state index in [4.69, 9.17) is 9.47 Å². The van der Waals surface area contributed by atoms with E-state index >= 15 is 0 Å². The summed E-state index contributed by atoms with van der Waals surface area (Å²) in [5, 5.41) is 5.19. The van der Waals surface area contributed by atoms with Gasteiger partial charge in [0.1, 0.15) is 0 Å². The summed E-state index contributed by atoms with van der Waals surface area (Å²) >= 11 is 1.67. The number of carbonyl (C=O) groups is 1. The van der Waals surface area contributed by atoms with Gasteiger partial charge in [-0.1, -0.05) is 6.07 Å². The van der Waals surface area contributed by atoms with E-state index in [2.05, 4.69) is 11.4 Å². The van der Waals surface area contributed by atoms with Crippen LogP contribution in [-0.4, -0.2) is 57.4 Å². The van der Waals surface area contributed by atoms with Gasteiger partial charge in [-0.15, -0.1) is 11.3 Å². The Bertz CT molecular complexity index is 411. The molecule has 5 nitrogen and oxygen atoms in total. The predicted octanol–water partition coefficient (Wildman–Crippen LogP) is 0.957. The third-order valence-corrected chi connectivity index (χ3v) is 4.43. The average Bonchev–Trinajstić information content (AvgIpc) is 3.13. The van der Waals surface area contributed by atoms with Crippen LogP contribution in [0.5, 0.6) is 0 Å². The average molecular weight is 298 g/mol. The molecule has 0 spiro atoms. The van der Waals surface area contributed by atoms with Crippen molar-refractivity contribution in [3.8, 4) is 0 Å². The fraction of sp³-hybridized carbons (Fsp3) is 0.643. The lowest BCUT2D eigenvalue weighted by Gasteiger charge is -2.26. The minimum Gasteiger partial charge on any atom is -0.383 e. The van der Waals surface area contributed by atoms with Crippen LogP contribution >= 0.6 is 11.3 Å². The van der Waals surface area contributed by atoms with Crippen LogP contribution in [0.1, 0.15) is 4.88 Å². The molecule has 2 heterocycles. The van der Waals surface area contributed by atoms with Gasteiger partial charge in [0, 0.05) is 24.6 Å². The van der Waals surface area contributed by atoms with Gasteiger partial charge in [0.15, 0.2) is 0 Å². The van der Waals surface area contributed by atoms with Gasteiger partial charge in [0.25, 0.3) is 0 Å². The van der Waals surface area contributed by atoms with Crippen molar-refractivity contribution in [3.63, 3.8) is 0 Å². The zero-order valence-electron chi connectivity index (χ0n) is 12.0. The number of thiophene rings is 1. The smallest absolute Gasteiger partial charge is 0.230 e. The molecule has 20 heavy (non-hydrogen) atoms. The molecule has 0 saturated carbocycles. The quantitative estimate of drug-likeness (QED) is 0.814. The van der Waals surface area contributed by atoms with Crippen LogP contribution in [0.4, 0.5) is 0 Å². The molecule has 2 atom stereocenters. The number of methoxy groups -OCH3 is 1. The lowest BCUT2D eigenvalue weighted by atomic mass is 10.0. The second kappa shape index (κ2) is 7.73. The molecule has 1 aliphatic heterocycles. The van der Waals surface area contributed by atoms with E-state index in [0.29, 0.717) is 32.9 Å². The van der Waals surface area contributed by atoms with Gasteiger partial charge in [-0.05, 0) is 18.5 Å². The van der Waals surface area contributed by atoms with E-state index in [1.54, 1.807) is 18.4 Å². The van der Waals surface area contributed by atoms with E-state index in [9.17, 15) is 4.79 Å². The number of nitrogens with zero attached hydrogens (tertiary/aromatic N) is 1. The highest BCUT2D eigenvalue weighted by molar-refractivity contribution is 7.09. The first-order valence-corrected chi connectivity index (χ1v) is 7.69. The number of amides is 1. The van der Waals surface area contributed by atoms with Crippen LogP contribution in [0.2, 0.25) is 0 Å². The minimum absolute atomic E-state index is 0.100. The molecule has 0 aliphatic carbocycles. The molecule has 2 unspecified atom stereocenters. The Morgan fingerprint density at radius 2 is 2.45 bits per heavy atom. The van der Waals surface area contributed by atoms with Gasteiger partial charge in [-0.2, -0.15) is 0 Å². The normalized spacial score (nSPS) is 22.1. The molecule has 0 aromatic carbocycles. The maximum absolute atomic E-state index is 12.7. The van der Waals surface area contributed by atoms with Crippen LogP contribution in [0.25, 0.3) is 0 Å². The third-order valence-electron chi connectivity index (χ3n) is 3.57. The van der Waals surface area contributed by atoms with Gasteiger partial charge < -0.3 is 19.7 Å². The van der Waals surface area contributed by atoms with E-state index in [0.717, 1.165) is 0 Å². The monoisotopic (exact) mass is 298 g/mol. The highest BCUT2D eigenvalue weighted by Gasteiger charge is 2.35. The van der Waals surface area contributed by atoms with Crippen LogP contribution in [0, 0.1) is 5.92 Å². The minimum atomic E-state index is -0.100. The Morgan fingerprint density at radius 1 is 1.60 bits per heavy atom. The first-order valence-electron chi connectivity index (χ1n) is 6.81. The van der Waals surface area contributed by atoms with E-state index in [1.807, 2.05) is 23.4 Å². The summed E-state index contributed by atoms with van der Waals surface area (Å²) in [4.78, 5) is 15.8. The van der Waals surface area contributed by atoms with Crippen molar-refractivity contribution in [3.05, 3.63) is 22.4 Å². The summed E-state index contributed by atoms with van der Waals surface area (Å²) < 4.78 is 10.6. The second-order valence-corrected chi connectivity index (χ2v) is 5.90. The second-order valence-electron chi connectivity index (χ2n) is 4.87. The number of hydrogen-bond donors (Lipinski definition) is 1. The molecule has 112 valence electrons. The summed E-state index contributed by atoms with van der Waals surface area (Å²) in [6.45, 7) is 2.91. The molecular formula is C14H22N2O3S. The highest BCUT2D eigenvalue weighted by Crippen LogP contribution is 2.19. The van der Waals surface area contributed by atoms with Crippen molar-refractivity contribution in [1.82, 2.24) is 10.2 Å². The number of hydrogen-bond acceptors (Lipinski definition) is 5. The zero-order valence-corrected chi connectivity index (χ0v) is 12.8. The van der Waals surface area contributed by atoms with Crippen molar-refractivity contribution >= 4 is 17.2 Å². The molecular weight excluding hydrogens is 276 g/mol. The molecule has 2 rings (SSSR count). The summed E-state index contributed by atoms with van der Waals surface area (Å²) in [7, 11) is 3.53. The van der Waals surface area contributed by atoms with Crippen molar-refractivity contribution in [2.45, 2.75) is 12.6 Å². The molecule has 1 aromatic rings. The van der Waals surface area contributed by atoms with Crippen molar-refractivity contribution < 1.29 is 14.3 Å². The summed E-state index contributed by atoms with van der Waals surface area (Å²) in [5.41, 5.74) is 0. The molecule has 0 bridgehead atoms. The molecule has 1 N–H and O–H groups in total. The molecule has 6 heteroatoms. The Labute approximate surface area is 123 Å². The lowest BCUT2D eigenvalue weighted by molar-refractivity contribution is -0.137. The Kier molecular flexibility index (Phi) is 5.97. The fourth-order valence-corrected chi connectivity index (χ4v) is 3.10. The molecule has 1 amide bonds. The summed E-state index contributed by atoms with van der Waals surface area (Å²) in [5.74, 6) is 0.0455.